The van der Waals surface area contributed by atoms with Gasteiger partial charge in [-0.3, -0.25) is 4.79 Å². The highest BCUT2D eigenvalue weighted by atomic mass is 32.1. The van der Waals surface area contributed by atoms with Crippen LogP contribution in [0.4, 0.5) is 4.39 Å². The number of thiophene rings is 1. The molecule has 1 aliphatic rings. The highest BCUT2D eigenvalue weighted by Crippen LogP contribution is 2.43. The van der Waals surface area contributed by atoms with Crippen LogP contribution in [0.3, 0.4) is 0 Å². The molecular weight excluding hydrogens is 301 g/mol. The molecule has 1 amide bonds. The lowest BCUT2D eigenvalue weighted by Gasteiger charge is -2.42. The van der Waals surface area contributed by atoms with Crippen molar-refractivity contribution >= 4 is 17.2 Å². The molecular formula is C17H18FNO2S. The first-order valence-electron chi connectivity index (χ1n) is 7.31. The van der Waals surface area contributed by atoms with Gasteiger partial charge in [0.2, 0.25) is 0 Å². The summed E-state index contributed by atoms with van der Waals surface area (Å²) in [6.45, 7) is 0.581. The maximum Gasteiger partial charge on any atom is 0.261 e. The van der Waals surface area contributed by atoms with Crippen LogP contribution in [-0.4, -0.2) is 19.6 Å². The molecule has 1 aromatic heterocycles. The van der Waals surface area contributed by atoms with E-state index < -0.39 is 0 Å². The van der Waals surface area contributed by atoms with Crippen LogP contribution in [0.25, 0.3) is 0 Å². The Labute approximate surface area is 133 Å². The smallest absolute Gasteiger partial charge is 0.261 e. The minimum absolute atomic E-state index is 0.00225. The molecule has 1 N–H and O–H groups in total. The minimum Gasteiger partial charge on any atom is -0.497 e. The van der Waals surface area contributed by atoms with E-state index in [1.165, 1.54) is 17.7 Å². The van der Waals surface area contributed by atoms with Gasteiger partial charge in [-0.2, -0.15) is 4.39 Å². The number of methoxy groups -OCH3 is 1. The third-order valence-electron chi connectivity index (χ3n) is 4.40. The molecule has 116 valence electrons. The van der Waals surface area contributed by atoms with E-state index in [4.69, 9.17) is 4.74 Å². The number of carbonyl (C=O) groups excluding carboxylic acids is 1. The van der Waals surface area contributed by atoms with E-state index in [1.807, 2.05) is 12.1 Å². The number of hydrogen-bond acceptors (Lipinski definition) is 3. The Bertz CT molecular complexity index is 662. The Morgan fingerprint density at radius 1 is 1.27 bits per heavy atom. The Hall–Kier alpha value is -1.88. The van der Waals surface area contributed by atoms with Gasteiger partial charge in [-0.05, 0) is 42.7 Å². The van der Waals surface area contributed by atoms with E-state index in [2.05, 4.69) is 17.4 Å². The summed E-state index contributed by atoms with van der Waals surface area (Å²) >= 11 is 0.878. The summed E-state index contributed by atoms with van der Waals surface area (Å²) in [4.78, 5) is 12.5. The average Bonchev–Trinajstić information content (AvgIpc) is 2.93. The van der Waals surface area contributed by atoms with Gasteiger partial charge in [-0.15, -0.1) is 11.3 Å². The second kappa shape index (κ2) is 6.08. The fraction of sp³-hybridized carbons (Fsp3) is 0.353. The number of hydrogen-bond donors (Lipinski definition) is 1. The van der Waals surface area contributed by atoms with Crippen molar-refractivity contribution in [3.05, 3.63) is 52.0 Å². The van der Waals surface area contributed by atoms with E-state index in [1.54, 1.807) is 7.11 Å². The Morgan fingerprint density at radius 3 is 2.50 bits per heavy atom. The van der Waals surface area contributed by atoms with Crippen LogP contribution in [-0.2, 0) is 5.41 Å². The average molecular weight is 319 g/mol. The summed E-state index contributed by atoms with van der Waals surface area (Å²) in [5, 5.41) is 2.62. The van der Waals surface area contributed by atoms with Crippen LogP contribution in [0.2, 0.25) is 0 Å². The molecule has 1 aliphatic carbocycles. The van der Waals surface area contributed by atoms with Crippen LogP contribution in [0.1, 0.15) is 34.5 Å². The zero-order valence-corrected chi connectivity index (χ0v) is 13.2. The van der Waals surface area contributed by atoms with E-state index in [9.17, 15) is 9.18 Å². The standard InChI is InChI=1S/C17H18FNO2S/c1-21-13-5-3-12(4-6-13)17(9-2-10-17)11-19-16(20)14-7-8-15(18)22-14/h3-8H,2,9-11H2,1H3,(H,19,20). The normalized spacial score (nSPS) is 15.9. The number of ether oxygens (including phenoxy) is 1. The molecule has 0 unspecified atom stereocenters. The van der Waals surface area contributed by atoms with Crippen molar-refractivity contribution in [1.29, 1.82) is 0 Å². The van der Waals surface area contributed by atoms with Crippen LogP contribution in [0.5, 0.6) is 5.75 Å². The molecule has 2 aromatic rings. The van der Waals surface area contributed by atoms with Crippen LogP contribution < -0.4 is 10.1 Å². The van der Waals surface area contributed by atoms with Crippen LogP contribution >= 0.6 is 11.3 Å². The van der Waals surface area contributed by atoms with Crippen molar-refractivity contribution < 1.29 is 13.9 Å². The second-order valence-corrected chi connectivity index (χ2v) is 6.68. The van der Waals surface area contributed by atoms with Gasteiger partial charge >= 0.3 is 0 Å². The van der Waals surface area contributed by atoms with Crippen molar-refractivity contribution in [3.8, 4) is 5.75 Å². The second-order valence-electron chi connectivity index (χ2n) is 5.65. The van der Waals surface area contributed by atoms with Gasteiger partial charge in [-0.25, -0.2) is 0 Å². The van der Waals surface area contributed by atoms with Gasteiger partial charge < -0.3 is 10.1 Å². The lowest BCUT2D eigenvalue weighted by atomic mass is 9.64. The Balaban J connectivity index is 1.69. The molecule has 0 radical (unpaired) electrons. The Morgan fingerprint density at radius 2 is 2.00 bits per heavy atom. The first-order valence-corrected chi connectivity index (χ1v) is 8.13. The van der Waals surface area contributed by atoms with Gasteiger partial charge in [0.1, 0.15) is 5.75 Å². The number of amides is 1. The lowest BCUT2D eigenvalue weighted by molar-refractivity contribution is 0.0932. The number of nitrogens with one attached hydrogen (secondary N) is 1. The topological polar surface area (TPSA) is 38.3 Å². The summed E-state index contributed by atoms with van der Waals surface area (Å²) in [6, 6.07) is 10.9. The quantitative estimate of drug-likeness (QED) is 0.911. The first-order chi connectivity index (χ1) is 10.6. The van der Waals surface area contributed by atoms with Gasteiger partial charge in [0.05, 0.1) is 12.0 Å². The molecule has 1 saturated carbocycles. The van der Waals surface area contributed by atoms with Crippen molar-refractivity contribution in [3.63, 3.8) is 0 Å². The zero-order valence-electron chi connectivity index (χ0n) is 12.4. The molecule has 5 heteroatoms. The number of halogens is 1. The van der Waals surface area contributed by atoms with Crippen LogP contribution in [0, 0.1) is 5.13 Å². The van der Waals surface area contributed by atoms with E-state index >= 15 is 0 Å². The monoisotopic (exact) mass is 319 g/mol. The maximum absolute atomic E-state index is 13.0. The summed E-state index contributed by atoms with van der Waals surface area (Å²) < 4.78 is 18.2. The predicted octanol–water partition coefficient (Wildman–Crippen LogP) is 3.75. The number of carbonyl (C=O) groups is 1. The number of benzene rings is 1. The van der Waals surface area contributed by atoms with Gasteiger partial charge in [0.25, 0.3) is 5.91 Å². The van der Waals surface area contributed by atoms with E-state index in [0.717, 1.165) is 36.3 Å². The summed E-state index contributed by atoms with van der Waals surface area (Å²) in [5.41, 5.74) is 1.22. The van der Waals surface area contributed by atoms with Gasteiger partial charge in [0, 0.05) is 12.0 Å². The highest BCUT2D eigenvalue weighted by Gasteiger charge is 2.38. The zero-order chi connectivity index (χ0) is 15.6. The first kappa shape index (κ1) is 15.0. The minimum atomic E-state index is -0.335. The number of rotatable bonds is 5. The SMILES string of the molecule is COc1ccc(C2(CNC(=O)c3ccc(F)s3)CCC2)cc1. The molecule has 0 spiro atoms. The lowest BCUT2D eigenvalue weighted by Crippen LogP contribution is -2.45. The fourth-order valence-electron chi connectivity index (χ4n) is 2.89. The van der Waals surface area contributed by atoms with Crippen molar-refractivity contribution in [2.24, 2.45) is 0 Å². The molecule has 1 fully saturated rings. The summed E-state index contributed by atoms with van der Waals surface area (Å²) in [5.74, 6) is 0.630. The van der Waals surface area contributed by atoms with E-state index in [-0.39, 0.29) is 16.5 Å². The van der Waals surface area contributed by atoms with Crippen molar-refractivity contribution in [2.75, 3.05) is 13.7 Å². The molecule has 0 atom stereocenters. The summed E-state index contributed by atoms with van der Waals surface area (Å²) in [7, 11) is 1.65. The highest BCUT2D eigenvalue weighted by molar-refractivity contribution is 7.12. The third-order valence-corrected chi connectivity index (χ3v) is 5.27. The molecule has 0 saturated heterocycles. The molecule has 1 aromatic carbocycles. The van der Waals surface area contributed by atoms with E-state index in [0.29, 0.717) is 11.4 Å². The molecule has 0 aliphatic heterocycles. The molecule has 1 heterocycles. The fourth-order valence-corrected chi connectivity index (χ4v) is 3.54. The molecule has 3 nitrogen and oxygen atoms in total. The van der Waals surface area contributed by atoms with Gasteiger partial charge in [0.15, 0.2) is 5.13 Å². The molecule has 22 heavy (non-hydrogen) atoms. The third kappa shape index (κ3) is 2.86. The van der Waals surface area contributed by atoms with Crippen LogP contribution in [0.15, 0.2) is 36.4 Å². The summed E-state index contributed by atoms with van der Waals surface area (Å²) in [6.07, 6.45) is 3.27. The largest absolute Gasteiger partial charge is 0.497 e. The Kier molecular flexibility index (Phi) is 4.16. The predicted molar refractivity (Wildman–Crippen MR) is 85.1 cm³/mol. The van der Waals surface area contributed by atoms with Gasteiger partial charge in [-0.1, -0.05) is 18.6 Å². The van der Waals surface area contributed by atoms with Crippen molar-refractivity contribution in [2.45, 2.75) is 24.7 Å². The molecule has 3 rings (SSSR count). The maximum atomic E-state index is 13.0. The van der Waals surface area contributed by atoms with Crippen molar-refractivity contribution in [1.82, 2.24) is 5.32 Å². The molecule has 0 bridgehead atoms.